The molecule has 0 radical (unpaired) electrons. The Bertz CT molecular complexity index is 617. The maximum atomic E-state index is 11.8. The molecule has 0 unspecified atom stereocenters. The summed E-state index contributed by atoms with van der Waals surface area (Å²) in [5, 5.41) is 7.17. The highest BCUT2D eigenvalue weighted by Crippen LogP contribution is 2.14. The number of anilines is 1. The van der Waals surface area contributed by atoms with Gasteiger partial charge in [-0.05, 0) is 18.2 Å². The molecular formula is C13H13N5O. The van der Waals surface area contributed by atoms with Crippen molar-refractivity contribution in [2.75, 3.05) is 12.0 Å². The Balaban J connectivity index is 1.89. The molecule has 3 N–H and O–H groups in total. The van der Waals surface area contributed by atoms with E-state index >= 15 is 0 Å². The molecule has 96 valence electrons. The summed E-state index contributed by atoms with van der Waals surface area (Å²) < 4.78 is 0. The number of hydrogen-bond acceptors (Lipinski definition) is 4. The Hall–Kier alpha value is -2.63. The van der Waals surface area contributed by atoms with Gasteiger partial charge in [0.2, 0.25) is 0 Å². The molecule has 1 aliphatic rings. The molecule has 19 heavy (non-hydrogen) atoms. The zero-order valence-corrected chi connectivity index (χ0v) is 10.2. The van der Waals surface area contributed by atoms with Crippen molar-refractivity contribution >= 4 is 17.4 Å². The van der Waals surface area contributed by atoms with E-state index in [1.165, 1.54) is 0 Å². The summed E-state index contributed by atoms with van der Waals surface area (Å²) in [6.07, 6.45) is 4.12. The van der Waals surface area contributed by atoms with E-state index in [2.05, 4.69) is 25.8 Å². The highest BCUT2D eigenvalue weighted by atomic mass is 16.1. The third-order valence-electron chi connectivity index (χ3n) is 2.90. The van der Waals surface area contributed by atoms with Gasteiger partial charge in [-0.3, -0.25) is 10.2 Å². The molecule has 0 fully saturated rings. The summed E-state index contributed by atoms with van der Waals surface area (Å²) in [6.45, 7) is 0.573. The Kier molecular flexibility index (Phi) is 2.97. The van der Waals surface area contributed by atoms with E-state index in [0.29, 0.717) is 24.5 Å². The maximum absolute atomic E-state index is 11.8. The van der Waals surface area contributed by atoms with E-state index in [-0.39, 0.29) is 5.91 Å². The molecule has 0 saturated carbocycles. The van der Waals surface area contributed by atoms with Crippen LogP contribution in [-0.2, 0) is 0 Å². The second-order valence-corrected chi connectivity index (χ2v) is 4.16. The lowest BCUT2D eigenvalue weighted by atomic mass is 10.1. The number of hydrazone groups is 1. The average molecular weight is 255 g/mol. The molecule has 1 aliphatic heterocycles. The molecule has 3 heterocycles. The van der Waals surface area contributed by atoms with E-state index in [1.807, 2.05) is 24.3 Å². The van der Waals surface area contributed by atoms with Crippen LogP contribution in [0.25, 0.3) is 0 Å². The molecule has 6 heteroatoms. The fraction of sp³-hybridized carbons (Fsp3) is 0.154. The van der Waals surface area contributed by atoms with Crippen molar-refractivity contribution in [3.8, 4) is 0 Å². The van der Waals surface area contributed by atoms with Crippen LogP contribution in [0, 0.1) is 0 Å². The quantitative estimate of drug-likeness (QED) is 0.709. The van der Waals surface area contributed by atoms with E-state index in [4.69, 9.17) is 0 Å². The van der Waals surface area contributed by atoms with E-state index in [1.54, 1.807) is 12.4 Å². The number of carbonyl (C=O) groups excluding carboxylic acids is 1. The standard InChI is InChI=1S/C13H13N5O/c19-13-12-9(4-7-15-12)10(5-8-16-13)17-18-11-3-1-2-6-14-11/h1-4,6-7,15H,5,8H2,(H,14,18)(H,16,19)/b17-10-. The van der Waals surface area contributed by atoms with Crippen LogP contribution >= 0.6 is 0 Å². The van der Waals surface area contributed by atoms with Crippen molar-refractivity contribution in [1.29, 1.82) is 0 Å². The zero-order chi connectivity index (χ0) is 13.1. The molecule has 0 aliphatic carbocycles. The van der Waals surface area contributed by atoms with Crippen LogP contribution in [0.2, 0.25) is 0 Å². The lowest BCUT2D eigenvalue weighted by Crippen LogP contribution is -2.23. The molecule has 0 aromatic carbocycles. The predicted octanol–water partition coefficient (Wildman–Crippen LogP) is 1.36. The minimum atomic E-state index is -0.0944. The van der Waals surface area contributed by atoms with Crippen molar-refractivity contribution in [2.24, 2.45) is 5.10 Å². The second kappa shape index (κ2) is 4.93. The summed E-state index contributed by atoms with van der Waals surface area (Å²) in [5.74, 6) is 0.582. The van der Waals surface area contributed by atoms with Crippen LogP contribution in [0.4, 0.5) is 5.82 Å². The summed E-state index contributed by atoms with van der Waals surface area (Å²) >= 11 is 0. The Morgan fingerprint density at radius 2 is 2.26 bits per heavy atom. The minimum absolute atomic E-state index is 0.0944. The van der Waals surface area contributed by atoms with Crippen molar-refractivity contribution in [2.45, 2.75) is 6.42 Å². The van der Waals surface area contributed by atoms with Crippen LogP contribution < -0.4 is 10.7 Å². The molecule has 2 aromatic rings. The monoisotopic (exact) mass is 255 g/mol. The van der Waals surface area contributed by atoms with Crippen molar-refractivity contribution in [1.82, 2.24) is 15.3 Å². The van der Waals surface area contributed by atoms with Gasteiger partial charge in [0.15, 0.2) is 0 Å². The Labute approximate surface area is 109 Å². The highest BCUT2D eigenvalue weighted by Gasteiger charge is 2.20. The maximum Gasteiger partial charge on any atom is 0.268 e. The highest BCUT2D eigenvalue weighted by molar-refractivity contribution is 6.11. The summed E-state index contributed by atoms with van der Waals surface area (Å²) in [5.41, 5.74) is 5.13. The SMILES string of the molecule is O=C1NCC/C(=N/Nc2ccccn2)c2cc[nH]c21. The van der Waals surface area contributed by atoms with Gasteiger partial charge in [0.1, 0.15) is 11.5 Å². The number of fused-ring (bicyclic) bond motifs is 1. The summed E-state index contributed by atoms with van der Waals surface area (Å²) in [6, 6.07) is 7.42. The van der Waals surface area contributed by atoms with Gasteiger partial charge < -0.3 is 10.3 Å². The molecule has 3 rings (SSSR count). The molecule has 0 spiro atoms. The zero-order valence-electron chi connectivity index (χ0n) is 10.2. The van der Waals surface area contributed by atoms with Gasteiger partial charge in [-0.15, -0.1) is 0 Å². The summed E-state index contributed by atoms with van der Waals surface area (Å²) in [4.78, 5) is 18.8. The molecule has 0 saturated heterocycles. The van der Waals surface area contributed by atoms with Crippen molar-refractivity contribution < 1.29 is 4.79 Å². The fourth-order valence-electron chi connectivity index (χ4n) is 1.99. The van der Waals surface area contributed by atoms with Gasteiger partial charge in [-0.25, -0.2) is 4.98 Å². The first-order chi connectivity index (χ1) is 9.34. The number of carbonyl (C=O) groups is 1. The minimum Gasteiger partial charge on any atom is -0.357 e. The van der Waals surface area contributed by atoms with E-state index < -0.39 is 0 Å². The summed E-state index contributed by atoms with van der Waals surface area (Å²) in [7, 11) is 0. The second-order valence-electron chi connectivity index (χ2n) is 4.16. The van der Waals surface area contributed by atoms with Crippen molar-refractivity contribution in [3.05, 3.63) is 47.9 Å². The third-order valence-corrected chi connectivity index (χ3v) is 2.90. The van der Waals surface area contributed by atoms with E-state index in [9.17, 15) is 4.79 Å². The number of aromatic amines is 1. The number of aromatic nitrogens is 2. The van der Waals surface area contributed by atoms with E-state index in [0.717, 1.165) is 11.3 Å². The van der Waals surface area contributed by atoms with Crippen LogP contribution in [0.1, 0.15) is 22.5 Å². The van der Waals surface area contributed by atoms with Crippen LogP contribution in [-0.4, -0.2) is 28.1 Å². The van der Waals surface area contributed by atoms with Gasteiger partial charge in [0, 0.05) is 30.9 Å². The molecule has 1 amide bonds. The van der Waals surface area contributed by atoms with Crippen LogP contribution in [0.3, 0.4) is 0 Å². The Morgan fingerprint density at radius 3 is 3.11 bits per heavy atom. The smallest absolute Gasteiger partial charge is 0.268 e. The van der Waals surface area contributed by atoms with Crippen LogP contribution in [0.15, 0.2) is 41.8 Å². The first-order valence-electron chi connectivity index (χ1n) is 6.04. The lowest BCUT2D eigenvalue weighted by Gasteiger charge is -2.03. The van der Waals surface area contributed by atoms with Crippen LogP contribution in [0.5, 0.6) is 0 Å². The predicted molar refractivity (Wildman–Crippen MR) is 72.1 cm³/mol. The van der Waals surface area contributed by atoms with Gasteiger partial charge in [-0.1, -0.05) is 6.07 Å². The number of pyridine rings is 1. The topological polar surface area (TPSA) is 82.2 Å². The number of nitrogens with one attached hydrogen (secondary N) is 3. The molecule has 0 bridgehead atoms. The number of amides is 1. The Morgan fingerprint density at radius 1 is 1.32 bits per heavy atom. The van der Waals surface area contributed by atoms with Gasteiger partial charge in [-0.2, -0.15) is 5.10 Å². The molecule has 0 atom stereocenters. The largest absolute Gasteiger partial charge is 0.357 e. The van der Waals surface area contributed by atoms with Gasteiger partial charge in [0.25, 0.3) is 5.91 Å². The average Bonchev–Trinajstić information content (AvgIpc) is 2.87. The lowest BCUT2D eigenvalue weighted by molar-refractivity contribution is 0.0952. The third kappa shape index (κ3) is 2.33. The van der Waals surface area contributed by atoms with Crippen molar-refractivity contribution in [3.63, 3.8) is 0 Å². The molecular weight excluding hydrogens is 242 g/mol. The fourth-order valence-corrected chi connectivity index (χ4v) is 1.99. The number of H-pyrrole nitrogens is 1. The van der Waals surface area contributed by atoms with Gasteiger partial charge in [0.05, 0.1) is 5.71 Å². The first kappa shape index (κ1) is 11.5. The number of hydrogen-bond donors (Lipinski definition) is 3. The number of rotatable bonds is 2. The molecule has 6 nitrogen and oxygen atoms in total. The normalized spacial score (nSPS) is 16.6. The number of nitrogens with zero attached hydrogens (tertiary/aromatic N) is 2. The molecule has 2 aromatic heterocycles. The first-order valence-corrected chi connectivity index (χ1v) is 6.04. The van der Waals surface area contributed by atoms with Gasteiger partial charge >= 0.3 is 0 Å².